The molecule has 1 atom stereocenters. The minimum atomic E-state index is -0.111. The predicted molar refractivity (Wildman–Crippen MR) is 105 cm³/mol. The van der Waals surface area contributed by atoms with Crippen LogP contribution >= 0.6 is 0 Å². The second-order valence-corrected chi connectivity index (χ2v) is 6.83. The van der Waals surface area contributed by atoms with Gasteiger partial charge in [-0.15, -0.1) is 0 Å². The van der Waals surface area contributed by atoms with Crippen LogP contribution in [0.2, 0.25) is 0 Å². The number of hydrogen-bond acceptors (Lipinski definition) is 5. The second kappa shape index (κ2) is 8.28. The van der Waals surface area contributed by atoms with Gasteiger partial charge in [-0.05, 0) is 49.7 Å². The third-order valence-electron chi connectivity index (χ3n) is 4.92. The molecule has 0 bridgehead atoms. The van der Waals surface area contributed by atoms with Gasteiger partial charge in [0.1, 0.15) is 0 Å². The third-order valence-corrected chi connectivity index (χ3v) is 4.92. The van der Waals surface area contributed by atoms with Gasteiger partial charge in [-0.1, -0.05) is 18.2 Å². The fourth-order valence-corrected chi connectivity index (χ4v) is 3.59. The van der Waals surface area contributed by atoms with Crippen LogP contribution in [0.4, 0.5) is 5.95 Å². The Hall–Kier alpha value is -2.77. The molecule has 3 heterocycles. The van der Waals surface area contributed by atoms with Crippen LogP contribution in [0.3, 0.4) is 0 Å². The molecule has 1 saturated heterocycles. The maximum Gasteiger partial charge on any atom is 0.240 e. The molecule has 1 aromatic carbocycles. The lowest BCUT2D eigenvalue weighted by molar-refractivity contribution is -0.115. The monoisotopic (exact) mass is 364 g/mol. The van der Waals surface area contributed by atoms with Gasteiger partial charge in [0, 0.05) is 25.0 Å². The summed E-state index contributed by atoms with van der Waals surface area (Å²) in [5.41, 5.74) is 2.93. The Morgan fingerprint density at radius 1 is 1.19 bits per heavy atom. The van der Waals surface area contributed by atoms with Crippen molar-refractivity contribution in [3.63, 3.8) is 0 Å². The molecular weight excluding hydrogens is 340 g/mol. The number of aromatic nitrogens is 3. The molecule has 0 spiro atoms. The number of nitrogens with one attached hydrogen (secondary N) is 3. The molecule has 1 amide bonds. The zero-order valence-corrected chi connectivity index (χ0v) is 15.2. The number of likely N-dealkylation sites (tertiary alicyclic amines) is 1. The molecule has 3 N–H and O–H groups in total. The van der Waals surface area contributed by atoms with E-state index in [1.54, 1.807) is 6.20 Å². The number of anilines is 1. The van der Waals surface area contributed by atoms with Gasteiger partial charge in [0.25, 0.3) is 0 Å². The number of carbonyl (C=O) groups excluding carboxylic acids is 1. The van der Waals surface area contributed by atoms with Gasteiger partial charge >= 0.3 is 0 Å². The van der Waals surface area contributed by atoms with E-state index in [9.17, 15) is 4.79 Å². The molecule has 7 nitrogen and oxygen atoms in total. The number of amides is 1. The van der Waals surface area contributed by atoms with Gasteiger partial charge in [0.15, 0.2) is 0 Å². The first-order valence-corrected chi connectivity index (χ1v) is 9.39. The lowest BCUT2D eigenvalue weighted by Gasteiger charge is -2.28. The van der Waals surface area contributed by atoms with Crippen molar-refractivity contribution in [2.24, 2.45) is 0 Å². The Balaban J connectivity index is 1.33. The van der Waals surface area contributed by atoms with E-state index in [1.165, 1.54) is 18.4 Å². The van der Waals surface area contributed by atoms with Gasteiger partial charge in [0.2, 0.25) is 11.9 Å². The Kier molecular flexibility index (Phi) is 5.41. The van der Waals surface area contributed by atoms with E-state index in [2.05, 4.69) is 36.6 Å². The summed E-state index contributed by atoms with van der Waals surface area (Å²) in [5, 5.41) is 6.11. The molecule has 3 aromatic rings. The van der Waals surface area contributed by atoms with Crippen LogP contribution in [0.25, 0.3) is 11.0 Å². The molecule has 0 saturated carbocycles. The number of pyridine rings is 1. The van der Waals surface area contributed by atoms with Gasteiger partial charge < -0.3 is 10.3 Å². The standard InChI is InChI=1S/C20H24N6O/c27-19(25-20-23-16-7-1-2-8-17(16)24-20)14-22-13-18(26-10-3-4-11-26)15-6-5-9-21-12-15/h1-2,5-9,12,18,22H,3-4,10-11,13-14H2,(H2,23,24,25,27). The summed E-state index contributed by atoms with van der Waals surface area (Å²) < 4.78 is 0. The van der Waals surface area contributed by atoms with Crippen LogP contribution in [-0.2, 0) is 4.79 Å². The highest BCUT2D eigenvalue weighted by molar-refractivity contribution is 5.92. The first-order valence-electron chi connectivity index (χ1n) is 9.39. The van der Waals surface area contributed by atoms with Crippen LogP contribution in [0.15, 0.2) is 48.8 Å². The van der Waals surface area contributed by atoms with Crippen LogP contribution in [-0.4, -0.2) is 51.9 Å². The van der Waals surface area contributed by atoms with Crippen molar-refractivity contribution < 1.29 is 4.79 Å². The van der Waals surface area contributed by atoms with E-state index in [4.69, 9.17) is 0 Å². The maximum absolute atomic E-state index is 12.3. The summed E-state index contributed by atoms with van der Waals surface area (Å²) in [6.45, 7) is 3.12. The molecule has 27 heavy (non-hydrogen) atoms. The minimum Gasteiger partial charge on any atom is -0.324 e. The summed E-state index contributed by atoms with van der Waals surface area (Å²) in [5.74, 6) is 0.367. The number of nitrogens with zero attached hydrogens (tertiary/aromatic N) is 3. The topological polar surface area (TPSA) is 85.9 Å². The molecule has 0 aliphatic carbocycles. The van der Waals surface area contributed by atoms with E-state index >= 15 is 0 Å². The largest absolute Gasteiger partial charge is 0.324 e. The summed E-state index contributed by atoms with van der Waals surface area (Å²) in [4.78, 5) is 26.5. The Bertz CT molecular complexity index is 855. The van der Waals surface area contributed by atoms with Gasteiger partial charge in [-0.2, -0.15) is 0 Å². The highest BCUT2D eigenvalue weighted by atomic mass is 16.2. The fourth-order valence-electron chi connectivity index (χ4n) is 3.59. The summed E-state index contributed by atoms with van der Waals surface area (Å²) in [6, 6.07) is 12.0. The average Bonchev–Trinajstić information content (AvgIpc) is 3.35. The van der Waals surface area contributed by atoms with Crippen molar-refractivity contribution in [3.05, 3.63) is 54.4 Å². The Labute approximate surface area is 158 Å². The molecule has 4 rings (SSSR count). The number of fused-ring (bicyclic) bond motifs is 1. The molecular formula is C20H24N6O. The van der Waals surface area contributed by atoms with Crippen LogP contribution in [0.1, 0.15) is 24.4 Å². The Morgan fingerprint density at radius 2 is 2.04 bits per heavy atom. The lowest BCUT2D eigenvalue weighted by atomic mass is 10.1. The molecule has 0 radical (unpaired) electrons. The zero-order valence-electron chi connectivity index (χ0n) is 15.2. The summed E-state index contributed by atoms with van der Waals surface area (Å²) in [7, 11) is 0. The number of hydrogen-bond donors (Lipinski definition) is 3. The minimum absolute atomic E-state index is 0.111. The third kappa shape index (κ3) is 4.32. The zero-order chi connectivity index (χ0) is 18.5. The van der Waals surface area contributed by atoms with Crippen molar-refractivity contribution in [1.82, 2.24) is 25.2 Å². The highest BCUT2D eigenvalue weighted by Gasteiger charge is 2.23. The SMILES string of the molecule is O=C(CNCC(c1cccnc1)N1CCCC1)Nc1nc2ccccc2[nH]1. The smallest absolute Gasteiger partial charge is 0.240 e. The molecule has 1 unspecified atom stereocenters. The van der Waals surface area contributed by atoms with Crippen LogP contribution < -0.4 is 10.6 Å². The molecule has 2 aromatic heterocycles. The molecule has 1 aliphatic heterocycles. The normalized spacial score (nSPS) is 15.9. The van der Waals surface area contributed by atoms with E-state index in [0.717, 1.165) is 24.1 Å². The van der Waals surface area contributed by atoms with Crippen molar-refractivity contribution in [2.45, 2.75) is 18.9 Å². The van der Waals surface area contributed by atoms with Gasteiger partial charge in [-0.25, -0.2) is 4.98 Å². The number of imidazole rings is 1. The summed E-state index contributed by atoms with van der Waals surface area (Å²) in [6.07, 6.45) is 6.16. The fraction of sp³-hybridized carbons (Fsp3) is 0.350. The van der Waals surface area contributed by atoms with E-state index < -0.39 is 0 Å². The number of carbonyl (C=O) groups is 1. The lowest BCUT2D eigenvalue weighted by Crippen LogP contribution is -2.37. The summed E-state index contributed by atoms with van der Waals surface area (Å²) >= 11 is 0. The highest BCUT2D eigenvalue weighted by Crippen LogP contribution is 2.23. The van der Waals surface area contributed by atoms with E-state index in [-0.39, 0.29) is 18.5 Å². The second-order valence-electron chi connectivity index (χ2n) is 6.83. The quantitative estimate of drug-likeness (QED) is 0.599. The number of aromatic amines is 1. The number of H-pyrrole nitrogens is 1. The van der Waals surface area contributed by atoms with Gasteiger partial charge in [0.05, 0.1) is 17.6 Å². The first kappa shape index (κ1) is 17.6. The van der Waals surface area contributed by atoms with Crippen LogP contribution in [0.5, 0.6) is 0 Å². The van der Waals surface area contributed by atoms with Crippen LogP contribution in [0, 0.1) is 0 Å². The van der Waals surface area contributed by atoms with Crippen molar-refractivity contribution >= 4 is 22.9 Å². The van der Waals surface area contributed by atoms with Crippen molar-refractivity contribution in [3.8, 4) is 0 Å². The molecule has 1 fully saturated rings. The molecule has 140 valence electrons. The van der Waals surface area contributed by atoms with Crippen molar-refractivity contribution in [1.29, 1.82) is 0 Å². The first-order chi connectivity index (χ1) is 13.3. The maximum atomic E-state index is 12.3. The van der Waals surface area contributed by atoms with E-state index in [0.29, 0.717) is 12.5 Å². The number of rotatable bonds is 7. The van der Waals surface area contributed by atoms with E-state index in [1.807, 2.05) is 36.5 Å². The van der Waals surface area contributed by atoms with Gasteiger partial charge in [-0.3, -0.25) is 20.0 Å². The predicted octanol–water partition coefficient (Wildman–Crippen LogP) is 2.32. The molecule has 7 heteroatoms. The number of para-hydroxylation sites is 2. The van der Waals surface area contributed by atoms with Crippen molar-refractivity contribution in [2.75, 3.05) is 31.5 Å². The molecule has 1 aliphatic rings. The Morgan fingerprint density at radius 3 is 2.81 bits per heavy atom. The number of benzene rings is 1. The average molecular weight is 364 g/mol.